The fraction of sp³-hybridized carbons (Fsp3) is 0.429. The van der Waals surface area contributed by atoms with Gasteiger partial charge in [-0.1, -0.05) is 23.4 Å². The van der Waals surface area contributed by atoms with E-state index in [1.165, 1.54) is 25.8 Å². The molecule has 0 bridgehead atoms. The van der Waals surface area contributed by atoms with Gasteiger partial charge in [0.05, 0.1) is 30.3 Å². The molecule has 1 aromatic rings. The first-order valence-electron chi connectivity index (χ1n) is 6.90. The molecule has 0 saturated carbocycles. The number of halogens is 1. The molecular formula is C14H15ClN2O4S2. The van der Waals surface area contributed by atoms with Crippen molar-refractivity contribution in [3.05, 3.63) is 23.2 Å². The number of rotatable bonds is 2. The number of hydrogen-bond acceptors (Lipinski definition) is 5. The van der Waals surface area contributed by atoms with Crippen LogP contribution in [0.2, 0.25) is 5.02 Å². The molecular weight excluding hydrogens is 360 g/mol. The number of nitrogens with zero attached hydrogens (tertiary/aromatic N) is 2. The van der Waals surface area contributed by atoms with Crippen LogP contribution < -0.4 is 9.64 Å². The van der Waals surface area contributed by atoms with Gasteiger partial charge in [-0.25, -0.2) is 8.42 Å². The van der Waals surface area contributed by atoms with Gasteiger partial charge in [-0.05, 0) is 12.1 Å². The van der Waals surface area contributed by atoms with Gasteiger partial charge >= 0.3 is 0 Å². The Morgan fingerprint density at radius 2 is 2.17 bits per heavy atom. The second-order valence-corrected chi connectivity index (χ2v) is 9.20. The molecule has 0 aliphatic carbocycles. The fourth-order valence-corrected chi connectivity index (χ4v) is 6.94. The number of ether oxygens (including phenoxy) is 1. The highest BCUT2D eigenvalue weighted by atomic mass is 35.5. The molecule has 9 heteroatoms. The molecule has 2 aliphatic rings. The van der Waals surface area contributed by atoms with Gasteiger partial charge in [0, 0.05) is 23.3 Å². The number of methoxy groups -OCH3 is 1. The molecule has 2 atom stereocenters. The van der Waals surface area contributed by atoms with Crippen LogP contribution in [-0.2, 0) is 14.6 Å². The molecule has 0 aromatic heterocycles. The zero-order valence-electron chi connectivity index (χ0n) is 12.5. The van der Waals surface area contributed by atoms with Crippen LogP contribution in [0.25, 0.3) is 0 Å². The quantitative estimate of drug-likeness (QED) is 0.787. The number of anilines is 1. The van der Waals surface area contributed by atoms with Crippen molar-refractivity contribution >= 4 is 50.0 Å². The zero-order chi connectivity index (χ0) is 16.8. The van der Waals surface area contributed by atoms with Crippen molar-refractivity contribution in [2.45, 2.75) is 18.2 Å². The highest BCUT2D eigenvalue weighted by Crippen LogP contribution is 2.44. The van der Waals surface area contributed by atoms with Crippen LogP contribution >= 0.6 is 23.4 Å². The maximum absolute atomic E-state index is 12.0. The lowest BCUT2D eigenvalue weighted by Crippen LogP contribution is -2.37. The van der Waals surface area contributed by atoms with Crippen molar-refractivity contribution in [3.8, 4) is 5.75 Å². The molecule has 0 spiro atoms. The van der Waals surface area contributed by atoms with Crippen LogP contribution in [0.1, 0.15) is 6.92 Å². The smallest absolute Gasteiger partial charge is 0.244 e. The van der Waals surface area contributed by atoms with E-state index in [2.05, 4.69) is 4.99 Å². The molecule has 23 heavy (non-hydrogen) atoms. The van der Waals surface area contributed by atoms with Gasteiger partial charge < -0.3 is 9.64 Å². The van der Waals surface area contributed by atoms with E-state index in [0.717, 1.165) is 0 Å². The molecule has 0 unspecified atom stereocenters. The molecule has 2 fully saturated rings. The van der Waals surface area contributed by atoms with Gasteiger partial charge in [-0.3, -0.25) is 4.79 Å². The summed E-state index contributed by atoms with van der Waals surface area (Å²) in [6.07, 6.45) is 0. The summed E-state index contributed by atoms with van der Waals surface area (Å²) < 4.78 is 29.3. The van der Waals surface area contributed by atoms with Crippen LogP contribution in [0.4, 0.5) is 5.69 Å². The molecule has 2 aliphatic heterocycles. The van der Waals surface area contributed by atoms with E-state index in [1.807, 2.05) is 0 Å². The van der Waals surface area contributed by atoms with Gasteiger partial charge in [0.2, 0.25) is 5.91 Å². The third-order valence-corrected chi connectivity index (χ3v) is 7.17. The third-order valence-electron chi connectivity index (χ3n) is 3.72. The number of amidine groups is 1. The van der Waals surface area contributed by atoms with Crippen molar-refractivity contribution in [2.75, 3.05) is 23.5 Å². The monoisotopic (exact) mass is 374 g/mol. The lowest BCUT2D eigenvalue weighted by Gasteiger charge is -2.26. The maximum Gasteiger partial charge on any atom is 0.244 e. The van der Waals surface area contributed by atoms with E-state index in [4.69, 9.17) is 16.3 Å². The highest BCUT2D eigenvalue weighted by Gasteiger charge is 2.49. The van der Waals surface area contributed by atoms with E-state index in [1.54, 1.807) is 23.1 Å². The summed E-state index contributed by atoms with van der Waals surface area (Å²) >= 11 is 7.32. The SMILES string of the molecule is COc1cc(Cl)ccc1N1C(=NC(C)=O)S[C@@H]2CS(=O)(=O)C[C@@H]21. The normalized spacial score (nSPS) is 27.3. The van der Waals surface area contributed by atoms with Gasteiger partial charge in [0.25, 0.3) is 0 Å². The average Bonchev–Trinajstić information content (AvgIpc) is 2.89. The Morgan fingerprint density at radius 3 is 2.83 bits per heavy atom. The Balaban J connectivity index is 2.10. The van der Waals surface area contributed by atoms with E-state index in [9.17, 15) is 13.2 Å². The first-order chi connectivity index (χ1) is 10.8. The van der Waals surface area contributed by atoms with Crippen LogP contribution in [0.5, 0.6) is 5.75 Å². The fourth-order valence-electron chi connectivity index (χ4n) is 2.83. The number of fused-ring (bicyclic) bond motifs is 1. The van der Waals surface area contributed by atoms with Crippen LogP contribution in [0.3, 0.4) is 0 Å². The van der Waals surface area contributed by atoms with Gasteiger partial charge in [-0.15, -0.1) is 0 Å². The molecule has 0 N–H and O–H groups in total. The van der Waals surface area contributed by atoms with E-state index in [0.29, 0.717) is 21.6 Å². The number of thioether (sulfide) groups is 1. The summed E-state index contributed by atoms with van der Waals surface area (Å²) in [5.74, 6) is 0.312. The van der Waals surface area contributed by atoms with Crippen molar-refractivity contribution in [1.82, 2.24) is 0 Å². The zero-order valence-corrected chi connectivity index (χ0v) is 14.9. The van der Waals surface area contributed by atoms with Crippen molar-refractivity contribution in [2.24, 2.45) is 4.99 Å². The highest BCUT2D eigenvalue weighted by molar-refractivity contribution is 8.16. The molecule has 1 aromatic carbocycles. The number of amides is 1. The summed E-state index contributed by atoms with van der Waals surface area (Å²) in [6, 6.07) is 4.85. The van der Waals surface area contributed by atoms with E-state index >= 15 is 0 Å². The second kappa shape index (κ2) is 5.99. The predicted octanol–water partition coefficient (Wildman–Crippen LogP) is 1.97. The Labute approximate surface area is 143 Å². The molecule has 0 radical (unpaired) electrons. The van der Waals surface area contributed by atoms with Crippen LogP contribution in [0.15, 0.2) is 23.2 Å². The Hall–Kier alpha value is -1.25. The van der Waals surface area contributed by atoms with Crippen LogP contribution in [-0.4, -0.2) is 49.4 Å². The molecule has 124 valence electrons. The number of benzene rings is 1. The largest absolute Gasteiger partial charge is 0.495 e. The summed E-state index contributed by atoms with van der Waals surface area (Å²) in [7, 11) is -1.58. The second-order valence-electron chi connectivity index (χ2n) is 5.40. The standard InChI is InChI=1S/C14H15ClN2O4S2/c1-8(18)16-14-17(10-4-3-9(15)5-12(10)21-2)11-6-23(19,20)7-13(11)22-14/h3-5,11,13H,6-7H2,1-2H3/t11-,13+/m0/s1. The number of aliphatic imine (C=N–C) groups is 1. The topological polar surface area (TPSA) is 76.0 Å². The lowest BCUT2D eigenvalue weighted by atomic mass is 10.2. The molecule has 6 nitrogen and oxygen atoms in total. The first-order valence-corrected chi connectivity index (χ1v) is 9.98. The minimum Gasteiger partial charge on any atom is -0.495 e. The number of sulfone groups is 1. The Morgan fingerprint density at radius 1 is 1.43 bits per heavy atom. The Bertz CT molecular complexity index is 794. The molecule has 3 rings (SSSR count). The van der Waals surface area contributed by atoms with E-state index in [-0.39, 0.29) is 28.7 Å². The molecule has 1 amide bonds. The average molecular weight is 375 g/mol. The van der Waals surface area contributed by atoms with Gasteiger partial charge in [-0.2, -0.15) is 4.99 Å². The summed E-state index contributed by atoms with van der Waals surface area (Å²) in [5.41, 5.74) is 0.661. The molecule has 2 saturated heterocycles. The lowest BCUT2D eigenvalue weighted by molar-refractivity contribution is -0.115. The third kappa shape index (κ3) is 3.20. The summed E-state index contributed by atoms with van der Waals surface area (Å²) in [4.78, 5) is 17.3. The number of hydrogen-bond donors (Lipinski definition) is 0. The predicted molar refractivity (Wildman–Crippen MR) is 92.4 cm³/mol. The van der Waals surface area contributed by atoms with E-state index < -0.39 is 9.84 Å². The maximum atomic E-state index is 12.0. The van der Waals surface area contributed by atoms with Crippen molar-refractivity contribution in [3.63, 3.8) is 0 Å². The van der Waals surface area contributed by atoms with Crippen LogP contribution in [0, 0.1) is 0 Å². The number of carbonyl (C=O) groups excluding carboxylic acids is 1. The Kier molecular flexibility index (Phi) is 4.33. The summed E-state index contributed by atoms with van der Waals surface area (Å²) in [5, 5.41) is 0.875. The van der Waals surface area contributed by atoms with Crippen molar-refractivity contribution < 1.29 is 17.9 Å². The van der Waals surface area contributed by atoms with Gasteiger partial charge in [0.1, 0.15) is 5.75 Å². The van der Waals surface area contributed by atoms with Crippen molar-refractivity contribution in [1.29, 1.82) is 0 Å². The molecule has 2 heterocycles. The minimum absolute atomic E-state index is 0.0351. The first kappa shape index (κ1) is 16.6. The number of carbonyl (C=O) groups is 1. The summed E-state index contributed by atoms with van der Waals surface area (Å²) in [6.45, 7) is 1.37. The van der Waals surface area contributed by atoms with Gasteiger partial charge in [0.15, 0.2) is 15.0 Å². The minimum atomic E-state index is -3.10.